The van der Waals surface area contributed by atoms with Crippen LogP contribution in [0.25, 0.3) is 0 Å². The second kappa shape index (κ2) is 12.8. The van der Waals surface area contributed by atoms with E-state index in [1.807, 2.05) is 0 Å². The van der Waals surface area contributed by atoms with E-state index in [1.165, 1.54) is 35.9 Å². The van der Waals surface area contributed by atoms with Gasteiger partial charge in [0.1, 0.15) is 10.8 Å². The zero-order valence-electron chi connectivity index (χ0n) is 21.9. The number of hydrogen-bond donors (Lipinski definition) is 2. The molecule has 0 atom stereocenters. The van der Waals surface area contributed by atoms with Crippen molar-refractivity contribution < 1.29 is 27.5 Å². The van der Waals surface area contributed by atoms with Gasteiger partial charge in [-0.15, -0.1) is 33.6 Å². The van der Waals surface area contributed by atoms with Crippen LogP contribution in [0.5, 0.6) is 5.75 Å². The second-order valence-corrected chi connectivity index (χ2v) is 10.3. The maximum Gasteiger partial charge on any atom is 0.573 e. The molecule has 218 valence electrons. The first-order chi connectivity index (χ1) is 20.2. The molecule has 1 aliphatic rings. The van der Waals surface area contributed by atoms with Crippen LogP contribution in [0.4, 0.5) is 29.9 Å². The summed E-state index contributed by atoms with van der Waals surface area (Å²) in [4.78, 5) is 34.8. The first-order valence-corrected chi connectivity index (χ1v) is 13.6. The molecule has 3 aromatic heterocycles. The molecule has 4 aromatic rings. The van der Waals surface area contributed by atoms with E-state index in [4.69, 9.17) is 0 Å². The summed E-state index contributed by atoms with van der Waals surface area (Å²) in [6.07, 6.45) is 1.35. The van der Waals surface area contributed by atoms with Crippen LogP contribution in [-0.2, 0) is 22.4 Å². The molecule has 2 amide bonds. The molecule has 0 spiro atoms. The van der Waals surface area contributed by atoms with Gasteiger partial charge in [0.25, 0.3) is 0 Å². The van der Waals surface area contributed by atoms with Gasteiger partial charge in [0.2, 0.25) is 16.9 Å². The predicted octanol–water partition coefficient (Wildman–Crippen LogP) is 3.76. The minimum Gasteiger partial charge on any atom is -0.406 e. The monoisotopic (exact) mass is 599 g/mol. The Morgan fingerprint density at radius 1 is 0.976 bits per heavy atom. The highest BCUT2D eigenvalue weighted by Crippen LogP contribution is 2.33. The normalized spacial score (nSPS) is 13.9. The van der Waals surface area contributed by atoms with Gasteiger partial charge in [0.05, 0.1) is 18.5 Å². The van der Waals surface area contributed by atoms with Gasteiger partial charge in [-0.25, -0.2) is 0 Å². The Kier molecular flexibility index (Phi) is 8.80. The standard InChI is InChI=1S/C26H24F3N9O3S/c27-26(28,29)41-19-3-1-2-16(12-19)13-22(39)32-20-4-5-21(35-34-20)38-10-6-17(7-11-38)24-36-37-25(42-24)33-23(40)14-18-15-30-8-9-31-18/h1-5,8-9,12,15,17H,6-7,10-11,13-14H2,(H,32,34,39)(H,33,37,40). The first-order valence-electron chi connectivity index (χ1n) is 12.8. The highest BCUT2D eigenvalue weighted by molar-refractivity contribution is 7.15. The molecule has 12 nitrogen and oxygen atoms in total. The minimum absolute atomic E-state index is 0.0965. The Hall–Kier alpha value is -4.73. The van der Waals surface area contributed by atoms with E-state index >= 15 is 0 Å². The summed E-state index contributed by atoms with van der Waals surface area (Å²) < 4.78 is 41.2. The Bertz CT molecular complexity index is 1510. The summed E-state index contributed by atoms with van der Waals surface area (Å²) >= 11 is 1.35. The van der Waals surface area contributed by atoms with Gasteiger partial charge in [0.15, 0.2) is 11.6 Å². The fraction of sp³-hybridized carbons (Fsp3) is 0.308. The number of hydrogen-bond acceptors (Lipinski definition) is 11. The highest BCUT2D eigenvalue weighted by atomic mass is 32.1. The Morgan fingerprint density at radius 2 is 1.79 bits per heavy atom. The van der Waals surface area contributed by atoms with Crippen molar-refractivity contribution >= 4 is 39.9 Å². The van der Waals surface area contributed by atoms with Crippen LogP contribution in [0.1, 0.15) is 35.0 Å². The highest BCUT2D eigenvalue weighted by Gasteiger charge is 2.31. The molecular weight excluding hydrogens is 575 g/mol. The van der Waals surface area contributed by atoms with Crippen molar-refractivity contribution in [3.8, 4) is 5.75 Å². The molecule has 1 aromatic carbocycles. The molecule has 0 saturated carbocycles. The molecule has 5 rings (SSSR count). The van der Waals surface area contributed by atoms with Crippen molar-refractivity contribution in [2.45, 2.75) is 38.0 Å². The van der Waals surface area contributed by atoms with Crippen molar-refractivity contribution in [2.24, 2.45) is 0 Å². The number of amides is 2. The van der Waals surface area contributed by atoms with Crippen molar-refractivity contribution in [1.82, 2.24) is 30.4 Å². The fourth-order valence-corrected chi connectivity index (χ4v) is 5.27. The number of nitrogens with zero attached hydrogens (tertiary/aromatic N) is 7. The lowest BCUT2D eigenvalue weighted by Crippen LogP contribution is -2.33. The topological polar surface area (TPSA) is 148 Å². The quantitative estimate of drug-likeness (QED) is 0.291. The van der Waals surface area contributed by atoms with Crippen LogP contribution in [0.15, 0.2) is 55.0 Å². The number of aromatic nitrogens is 6. The van der Waals surface area contributed by atoms with Crippen LogP contribution in [-0.4, -0.2) is 61.6 Å². The van der Waals surface area contributed by atoms with Crippen molar-refractivity contribution in [3.05, 3.63) is 71.3 Å². The summed E-state index contributed by atoms with van der Waals surface area (Å²) in [5.41, 5.74) is 0.920. The summed E-state index contributed by atoms with van der Waals surface area (Å²) in [7, 11) is 0. The summed E-state index contributed by atoms with van der Waals surface area (Å²) in [6.45, 7) is 1.41. The summed E-state index contributed by atoms with van der Waals surface area (Å²) in [5, 5.41) is 23.3. The van der Waals surface area contributed by atoms with E-state index in [0.29, 0.717) is 35.3 Å². The van der Waals surface area contributed by atoms with E-state index in [9.17, 15) is 22.8 Å². The third kappa shape index (κ3) is 8.15. The smallest absolute Gasteiger partial charge is 0.406 e. The molecule has 2 N–H and O–H groups in total. The van der Waals surface area contributed by atoms with E-state index < -0.39 is 18.0 Å². The first kappa shape index (κ1) is 28.8. The van der Waals surface area contributed by atoms with Crippen LogP contribution in [0.3, 0.4) is 0 Å². The third-order valence-corrected chi connectivity index (χ3v) is 7.23. The molecule has 16 heteroatoms. The number of benzene rings is 1. The molecule has 0 bridgehead atoms. The second-order valence-electron chi connectivity index (χ2n) is 9.33. The molecule has 42 heavy (non-hydrogen) atoms. The molecule has 1 aliphatic heterocycles. The van der Waals surface area contributed by atoms with E-state index in [-0.39, 0.29) is 30.5 Å². The molecule has 0 unspecified atom stereocenters. The zero-order valence-corrected chi connectivity index (χ0v) is 22.7. The number of carbonyl (C=O) groups is 2. The Labute approximate surface area is 241 Å². The van der Waals surface area contributed by atoms with Gasteiger partial charge >= 0.3 is 6.36 Å². The van der Waals surface area contributed by atoms with Gasteiger partial charge in [-0.2, -0.15) is 0 Å². The number of piperidine rings is 1. The van der Waals surface area contributed by atoms with Gasteiger partial charge in [-0.3, -0.25) is 19.6 Å². The van der Waals surface area contributed by atoms with E-state index in [2.05, 4.69) is 50.6 Å². The van der Waals surface area contributed by atoms with Gasteiger partial charge < -0.3 is 20.3 Å². The van der Waals surface area contributed by atoms with Gasteiger partial charge in [0, 0.05) is 37.6 Å². The van der Waals surface area contributed by atoms with E-state index in [0.717, 1.165) is 30.0 Å². The van der Waals surface area contributed by atoms with Crippen LogP contribution in [0, 0.1) is 0 Å². The largest absolute Gasteiger partial charge is 0.573 e. The SMILES string of the molecule is O=C(Cc1cccc(OC(F)(F)F)c1)Nc1ccc(N2CCC(c3nnc(NC(=O)Cc4cnccn4)s3)CC2)nn1. The lowest BCUT2D eigenvalue weighted by molar-refractivity contribution is -0.274. The van der Waals surface area contributed by atoms with Crippen LogP contribution in [0.2, 0.25) is 0 Å². The minimum atomic E-state index is -4.81. The van der Waals surface area contributed by atoms with Gasteiger partial charge in [-0.05, 0) is 42.7 Å². The maximum atomic E-state index is 12.4. The van der Waals surface area contributed by atoms with E-state index in [1.54, 1.807) is 18.3 Å². The maximum absolute atomic E-state index is 12.4. The zero-order chi connectivity index (χ0) is 29.5. The number of carbonyl (C=O) groups excluding carboxylic acids is 2. The van der Waals surface area contributed by atoms with Crippen LogP contribution < -0.4 is 20.3 Å². The number of nitrogens with one attached hydrogen (secondary N) is 2. The molecule has 0 radical (unpaired) electrons. The number of ether oxygens (including phenoxy) is 1. The average Bonchev–Trinajstić information content (AvgIpc) is 3.41. The lowest BCUT2D eigenvalue weighted by atomic mass is 9.98. The van der Waals surface area contributed by atoms with Crippen molar-refractivity contribution in [3.63, 3.8) is 0 Å². The molecule has 1 fully saturated rings. The Morgan fingerprint density at radius 3 is 2.50 bits per heavy atom. The molecular formula is C26H24F3N9O3S. The van der Waals surface area contributed by atoms with Gasteiger partial charge in [-0.1, -0.05) is 23.5 Å². The number of alkyl halides is 3. The lowest BCUT2D eigenvalue weighted by Gasteiger charge is -2.31. The number of halogens is 3. The predicted molar refractivity (Wildman–Crippen MR) is 146 cm³/mol. The number of anilines is 3. The molecule has 1 saturated heterocycles. The molecule has 0 aliphatic carbocycles. The Balaban J connectivity index is 1.08. The number of rotatable bonds is 9. The summed E-state index contributed by atoms with van der Waals surface area (Å²) in [5.74, 6) is -0.0225. The third-order valence-electron chi connectivity index (χ3n) is 6.23. The molecule has 4 heterocycles. The van der Waals surface area contributed by atoms with Crippen LogP contribution >= 0.6 is 11.3 Å². The summed E-state index contributed by atoms with van der Waals surface area (Å²) in [6, 6.07) is 8.60. The fourth-order valence-electron chi connectivity index (χ4n) is 4.34. The van der Waals surface area contributed by atoms with Crippen molar-refractivity contribution in [2.75, 3.05) is 28.6 Å². The average molecular weight is 600 g/mol. The van der Waals surface area contributed by atoms with Crippen molar-refractivity contribution in [1.29, 1.82) is 0 Å².